The quantitative estimate of drug-likeness (QED) is 0.567. The van der Waals surface area contributed by atoms with Crippen molar-refractivity contribution in [2.45, 2.75) is 13.3 Å². The molecule has 0 aliphatic rings. The van der Waals surface area contributed by atoms with Crippen LogP contribution in [0.3, 0.4) is 0 Å². The largest absolute Gasteiger partial charge is 0.330 e. The van der Waals surface area contributed by atoms with Gasteiger partial charge in [-0.15, -0.1) is 0 Å². The lowest BCUT2D eigenvalue weighted by Gasteiger charge is -2.10. The molecule has 1 atom stereocenters. The van der Waals surface area contributed by atoms with Crippen LogP contribution in [0.15, 0.2) is 0 Å². The summed E-state index contributed by atoms with van der Waals surface area (Å²) in [6, 6.07) is 0. The zero-order valence-electron chi connectivity index (χ0n) is 7.60. The molecule has 3 N–H and O–H groups in total. The van der Waals surface area contributed by atoms with Crippen LogP contribution in [0, 0.1) is 5.92 Å². The van der Waals surface area contributed by atoms with Gasteiger partial charge in [0.15, 0.2) is 0 Å². The average molecular weight is 176 g/mol. The van der Waals surface area contributed by atoms with Crippen LogP contribution in [0.4, 0.5) is 0 Å². The van der Waals surface area contributed by atoms with E-state index in [1.54, 1.807) is 0 Å². The summed E-state index contributed by atoms with van der Waals surface area (Å²) < 4.78 is 0. The van der Waals surface area contributed by atoms with Crippen molar-refractivity contribution < 1.29 is 0 Å². The number of nitrogens with one attached hydrogen (secondary N) is 1. The molecule has 11 heavy (non-hydrogen) atoms. The van der Waals surface area contributed by atoms with Crippen LogP contribution in [0.1, 0.15) is 13.3 Å². The Balaban J connectivity index is 2.97. The van der Waals surface area contributed by atoms with Crippen LogP contribution >= 0.6 is 11.8 Å². The van der Waals surface area contributed by atoms with Crippen LogP contribution < -0.4 is 11.1 Å². The van der Waals surface area contributed by atoms with E-state index in [1.165, 1.54) is 5.75 Å². The lowest BCUT2D eigenvalue weighted by atomic mass is 10.2. The van der Waals surface area contributed by atoms with Crippen molar-refractivity contribution in [3.63, 3.8) is 0 Å². The molecule has 0 aromatic carbocycles. The highest BCUT2D eigenvalue weighted by molar-refractivity contribution is 7.98. The average Bonchev–Trinajstić information content (AvgIpc) is 1.99. The maximum atomic E-state index is 5.36. The minimum Gasteiger partial charge on any atom is -0.330 e. The number of thioether (sulfide) groups is 1. The number of rotatable bonds is 7. The fraction of sp³-hybridized carbons (Fsp3) is 1.00. The molecule has 0 rings (SSSR count). The van der Waals surface area contributed by atoms with E-state index in [4.69, 9.17) is 5.73 Å². The molecular formula is C8H20N2S. The first-order chi connectivity index (χ1) is 5.31. The summed E-state index contributed by atoms with van der Waals surface area (Å²) in [4.78, 5) is 0. The van der Waals surface area contributed by atoms with Gasteiger partial charge in [-0.2, -0.15) is 11.8 Å². The van der Waals surface area contributed by atoms with Gasteiger partial charge in [0, 0.05) is 0 Å². The lowest BCUT2D eigenvalue weighted by molar-refractivity contribution is 0.551. The Labute approximate surface area is 74.3 Å². The van der Waals surface area contributed by atoms with Crippen molar-refractivity contribution in [3.05, 3.63) is 0 Å². The van der Waals surface area contributed by atoms with Gasteiger partial charge in [0.1, 0.15) is 0 Å². The molecule has 0 spiro atoms. The maximum Gasteiger partial charge on any atom is -0.00153 e. The SMILES string of the molecule is CSCC(C)CNCCCN. The highest BCUT2D eigenvalue weighted by Gasteiger charge is 1.98. The third kappa shape index (κ3) is 8.17. The topological polar surface area (TPSA) is 38.0 Å². The Hall–Kier alpha value is 0.270. The third-order valence-corrected chi connectivity index (χ3v) is 2.40. The second-order valence-electron chi connectivity index (χ2n) is 2.91. The molecule has 0 heterocycles. The molecule has 0 aromatic rings. The highest BCUT2D eigenvalue weighted by Crippen LogP contribution is 2.02. The van der Waals surface area contributed by atoms with Gasteiger partial charge in [0.25, 0.3) is 0 Å². The fourth-order valence-electron chi connectivity index (χ4n) is 0.919. The molecule has 0 radical (unpaired) electrons. The van der Waals surface area contributed by atoms with E-state index in [9.17, 15) is 0 Å². The van der Waals surface area contributed by atoms with Crippen molar-refractivity contribution >= 4 is 11.8 Å². The van der Waals surface area contributed by atoms with Gasteiger partial charge in [-0.3, -0.25) is 0 Å². The number of hydrogen-bond acceptors (Lipinski definition) is 3. The third-order valence-electron chi connectivity index (χ3n) is 1.50. The Morgan fingerprint density at radius 3 is 2.82 bits per heavy atom. The Morgan fingerprint density at radius 1 is 1.55 bits per heavy atom. The van der Waals surface area contributed by atoms with Crippen molar-refractivity contribution in [1.82, 2.24) is 5.32 Å². The lowest BCUT2D eigenvalue weighted by Crippen LogP contribution is -2.24. The fourth-order valence-corrected chi connectivity index (χ4v) is 1.61. The first kappa shape index (κ1) is 11.3. The van der Waals surface area contributed by atoms with Gasteiger partial charge < -0.3 is 11.1 Å². The van der Waals surface area contributed by atoms with Gasteiger partial charge in [-0.05, 0) is 44.0 Å². The van der Waals surface area contributed by atoms with Gasteiger partial charge in [0.2, 0.25) is 0 Å². The summed E-state index contributed by atoms with van der Waals surface area (Å²) in [5.74, 6) is 2.03. The van der Waals surface area contributed by atoms with Crippen LogP contribution in [0.5, 0.6) is 0 Å². The molecule has 68 valence electrons. The molecule has 0 amide bonds. The highest BCUT2D eigenvalue weighted by atomic mass is 32.2. The number of hydrogen-bond donors (Lipinski definition) is 2. The summed E-state index contributed by atoms with van der Waals surface area (Å²) in [6.45, 7) is 5.26. The van der Waals surface area contributed by atoms with Crippen LogP contribution in [0.2, 0.25) is 0 Å². The summed E-state index contributed by atoms with van der Waals surface area (Å²) in [5, 5.41) is 3.38. The maximum absolute atomic E-state index is 5.36. The molecular weight excluding hydrogens is 156 g/mol. The van der Waals surface area contributed by atoms with E-state index < -0.39 is 0 Å². The van der Waals surface area contributed by atoms with Crippen LogP contribution in [0.25, 0.3) is 0 Å². The second kappa shape index (κ2) is 8.37. The van der Waals surface area contributed by atoms with E-state index in [0.29, 0.717) is 0 Å². The normalized spacial score (nSPS) is 13.4. The van der Waals surface area contributed by atoms with Crippen molar-refractivity contribution in [2.24, 2.45) is 11.7 Å². The van der Waals surface area contributed by atoms with Gasteiger partial charge in [-0.1, -0.05) is 6.92 Å². The van der Waals surface area contributed by atoms with E-state index in [0.717, 1.165) is 32.0 Å². The monoisotopic (exact) mass is 176 g/mol. The van der Waals surface area contributed by atoms with Crippen molar-refractivity contribution in [1.29, 1.82) is 0 Å². The zero-order chi connectivity index (χ0) is 8.53. The Bertz CT molecular complexity index is 78.5. The van der Waals surface area contributed by atoms with E-state index >= 15 is 0 Å². The van der Waals surface area contributed by atoms with Crippen LogP contribution in [-0.2, 0) is 0 Å². The molecule has 1 unspecified atom stereocenters. The van der Waals surface area contributed by atoms with E-state index in [1.807, 2.05) is 11.8 Å². The molecule has 2 nitrogen and oxygen atoms in total. The predicted molar refractivity (Wildman–Crippen MR) is 54.1 cm³/mol. The zero-order valence-corrected chi connectivity index (χ0v) is 8.41. The molecule has 0 bridgehead atoms. The van der Waals surface area contributed by atoms with E-state index in [-0.39, 0.29) is 0 Å². The standard InChI is InChI=1S/C8H20N2S/c1-8(7-11-2)6-10-5-3-4-9/h8,10H,3-7,9H2,1-2H3. The minimum absolute atomic E-state index is 0.780. The summed E-state index contributed by atoms with van der Waals surface area (Å²) in [7, 11) is 0. The molecule has 0 aromatic heterocycles. The molecule has 0 aliphatic carbocycles. The molecule has 0 fully saturated rings. The minimum atomic E-state index is 0.780. The molecule has 0 saturated heterocycles. The van der Waals surface area contributed by atoms with E-state index in [2.05, 4.69) is 18.5 Å². The summed E-state index contributed by atoms with van der Waals surface area (Å²) in [5.41, 5.74) is 5.36. The Kier molecular flexibility index (Phi) is 8.57. The predicted octanol–water partition coefficient (Wildman–Crippen LogP) is 0.924. The van der Waals surface area contributed by atoms with Gasteiger partial charge in [0.05, 0.1) is 0 Å². The first-order valence-corrected chi connectivity index (χ1v) is 5.60. The number of nitrogens with two attached hydrogens (primary N) is 1. The molecule has 3 heteroatoms. The van der Waals surface area contributed by atoms with Crippen molar-refractivity contribution in [3.8, 4) is 0 Å². The van der Waals surface area contributed by atoms with Crippen molar-refractivity contribution in [2.75, 3.05) is 31.6 Å². The van der Waals surface area contributed by atoms with Gasteiger partial charge in [-0.25, -0.2) is 0 Å². The summed E-state index contributed by atoms with van der Waals surface area (Å²) >= 11 is 1.91. The van der Waals surface area contributed by atoms with Crippen LogP contribution in [-0.4, -0.2) is 31.6 Å². The van der Waals surface area contributed by atoms with Gasteiger partial charge >= 0.3 is 0 Å². The second-order valence-corrected chi connectivity index (χ2v) is 3.82. The smallest absolute Gasteiger partial charge is 0.00153 e. The molecule has 0 saturated carbocycles. The summed E-state index contributed by atoms with van der Waals surface area (Å²) in [6.07, 6.45) is 3.24. The first-order valence-electron chi connectivity index (χ1n) is 4.21. The molecule has 0 aliphatic heterocycles. The Morgan fingerprint density at radius 2 is 2.27 bits per heavy atom.